The summed E-state index contributed by atoms with van der Waals surface area (Å²) >= 11 is 4.44. The zero-order valence-electron chi connectivity index (χ0n) is 13.0. The molecule has 19 heavy (non-hydrogen) atoms. The average molecular weight is 302 g/mol. The van der Waals surface area contributed by atoms with Crippen LogP contribution in [0.15, 0.2) is 0 Å². The van der Waals surface area contributed by atoms with E-state index < -0.39 is 0 Å². The monoisotopic (exact) mass is 301 g/mol. The molecule has 1 saturated heterocycles. The highest BCUT2D eigenvalue weighted by molar-refractivity contribution is 8.07. The fourth-order valence-corrected chi connectivity index (χ4v) is 7.12. The largest absolute Gasteiger partial charge is 0.316 e. The van der Waals surface area contributed by atoms with Gasteiger partial charge in [-0.3, -0.25) is 0 Å². The van der Waals surface area contributed by atoms with Gasteiger partial charge < -0.3 is 5.32 Å². The van der Waals surface area contributed by atoms with Crippen molar-refractivity contribution in [3.05, 3.63) is 0 Å². The van der Waals surface area contributed by atoms with Crippen LogP contribution >= 0.6 is 23.5 Å². The molecule has 0 bridgehead atoms. The number of rotatable bonds is 4. The van der Waals surface area contributed by atoms with E-state index >= 15 is 0 Å². The van der Waals surface area contributed by atoms with E-state index in [-0.39, 0.29) is 0 Å². The molecule has 2 fully saturated rings. The predicted octanol–water partition coefficient (Wildman–Crippen LogP) is 4.42. The maximum atomic E-state index is 3.71. The second kappa shape index (κ2) is 7.61. The Bertz CT molecular complexity index is 271. The van der Waals surface area contributed by atoms with Crippen molar-refractivity contribution in [2.45, 2.75) is 74.7 Å². The SMILES string of the molecule is CCC1CCCCC1C(NC)C1CSC(C)C(C)S1. The first kappa shape index (κ1) is 16.0. The highest BCUT2D eigenvalue weighted by Gasteiger charge is 2.38. The minimum atomic E-state index is 0.734. The lowest BCUT2D eigenvalue weighted by atomic mass is 9.73. The van der Waals surface area contributed by atoms with Gasteiger partial charge in [0, 0.05) is 27.5 Å². The maximum Gasteiger partial charge on any atom is 0.0297 e. The second-order valence-corrected chi connectivity index (χ2v) is 9.38. The Labute approximate surface area is 128 Å². The van der Waals surface area contributed by atoms with E-state index in [1.54, 1.807) is 0 Å². The third-order valence-corrected chi connectivity index (χ3v) is 8.78. The van der Waals surface area contributed by atoms with E-state index in [0.29, 0.717) is 0 Å². The van der Waals surface area contributed by atoms with Crippen LogP contribution in [0.1, 0.15) is 52.9 Å². The Hall–Kier alpha value is 0.660. The summed E-state index contributed by atoms with van der Waals surface area (Å²) in [6.07, 6.45) is 7.21. The molecule has 1 nitrogen and oxygen atoms in total. The van der Waals surface area contributed by atoms with Crippen LogP contribution in [-0.2, 0) is 0 Å². The van der Waals surface area contributed by atoms with Crippen LogP contribution in [-0.4, -0.2) is 34.6 Å². The van der Waals surface area contributed by atoms with Crippen molar-refractivity contribution >= 4 is 23.5 Å². The van der Waals surface area contributed by atoms with Gasteiger partial charge >= 0.3 is 0 Å². The number of nitrogens with one attached hydrogen (secondary N) is 1. The van der Waals surface area contributed by atoms with Gasteiger partial charge in [0.05, 0.1) is 0 Å². The highest BCUT2D eigenvalue weighted by Crippen LogP contribution is 2.42. The molecule has 0 spiro atoms. The molecule has 1 aliphatic carbocycles. The lowest BCUT2D eigenvalue weighted by Crippen LogP contribution is -2.49. The molecule has 112 valence electrons. The molecule has 3 heteroatoms. The number of thioether (sulfide) groups is 2. The number of hydrogen-bond donors (Lipinski definition) is 1. The second-order valence-electron chi connectivity index (χ2n) is 6.35. The van der Waals surface area contributed by atoms with E-state index in [0.717, 1.165) is 33.6 Å². The van der Waals surface area contributed by atoms with Gasteiger partial charge in [-0.25, -0.2) is 0 Å². The molecule has 0 aromatic rings. The Kier molecular flexibility index (Phi) is 6.42. The number of hydrogen-bond acceptors (Lipinski definition) is 3. The molecule has 2 rings (SSSR count). The van der Waals surface area contributed by atoms with Crippen molar-refractivity contribution in [3.8, 4) is 0 Å². The van der Waals surface area contributed by atoms with Gasteiger partial charge in [-0.15, -0.1) is 0 Å². The molecule has 6 unspecified atom stereocenters. The first-order valence-corrected chi connectivity index (χ1v) is 10.1. The zero-order valence-corrected chi connectivity index (χ0v) is 14.7. The van der Waals surface area contributed by atoms with Crippen molar-refractivity contribution < 1.29 is 0 Å². The van der Waals surface area contributed by atoms with Crippen LogP contribution in [0.5, 0.6) is 0 Å². The molecular weight excluding hydrogens is 270 g/mol. The van der Waals surface area contributed by atoms with Crippen LogP contribution in [0.4, 0.5) is 0 Å². The van der Waals surface area contributed by atoms with E-state index in [2.05, 4.69) is 56.7 Å². The summed E-state index contributed by atoms with van der Waals surface area (Å²) in [5, 5.41) is 6.16. The first-order chi connectivity index (χ1) is 9.17. The van der Waals surface area contributed by atoms with E-state index in [4.69, 9.17) is 0 Å². The summed E-state index contributed by atoms with van der Waals surface area (Å²) in [4.78, 5) is 0. The summed E-state index contributed by atoms with van der Waals surface area (Å²) < 4.78 is 0. The fraction of sp³-hybridized carbons (Fsp3) is 1.00. The molecule has 6 atom stereocenters. The van der Waals surface area contributed by atoms with Crippen molar-refractivity contribution in [1.82, 2.24) is 5.32 Å². The van der Waals surface area contributed by atoms with Gasteiger partial charge in [0.15, 0.2) is 0 Å². The lowest BCUT2D eigenvalue weighted by molar-refractivity contribution is 0.180. The minimum absolute atomic E-state index is 0.734. The van der Waals surface area contributed by atoms with Gasteiger partial charge in [-0.1, -0.05) is 46.5 Å². The first-order valence-electron chi connectivity index (χ1n) is 8.11. The molecule has 1 N–H and O–H groups in total. The summed E-state index contributed by atoms with van der Waals surface area (Å²) in [7, 11) is 2.19. The highest BCUT2D eigenvalue weighted by atomic mass is 32.2. The summed E-state index contributed by atoms with van der Waals surface area (Å²) in [5.74, 6) is 3.23. The predicted molar refractivity (Wildman–Crippen MR) is 91.3 cm³/mol. The smallest absolute Gasteiger partial charge is 0.0297 e. The molecule has 1 heterocycles. The summed E-state index contributed by atoms with van der Waals surface area (Å²) in [6, 6.07) is 0.734. The van der Waals surface area contributed by atoms with Gasteiger partial charge in [-0.2, -0.15) is 23.5 Å². The third kappa shape index (κ3) is 3.85. The van der Waals surface area contributed by atoms with Crippen molar-refractivity contribution in [1.29, 1.82) is 0 Å². The fourth-order valence-electron chi connectivity index (χ4n) is 3.89. The Morgan fingerprint density at radius 2 is 1.89 bits per heavy atom. The average Bonchev–Trinajstić information content (AvgIpc) is 2.44. The van der Waals surface area contributed by atoms with Crippen LogP contribution in [0.25, 0.3) is 0 Å². The molecule has 0 aromatic carbocycles. The molecular formula is C16H31NS2. The Morgan fingerprint density at radius 1 is 1.16 bits per heavy atom. The van der Waals surface area contributed by atoms with Crippen LogP contribution < -0.4 is 5.32 Å². The maximum absolute atomic E-state index is 3.71. The minimum Gasteiger partial charge on any atom is -0.316 e. The molecule has 0 radical (unpaired) electrons. The van der Waals surface area contributed by atoms with Gasteiger partial charge in [0.1, 0.15) is 0 Å². The quantitative estimate of drug-likeness (QED) is 0.825. The third-order valence-electron chi connectivity index (χ3n) is 5.26. The zero-order chi connectivity index (χ0) is 13.8. The summed E-state index contributed by atoms with van der Waals surface area (Å²) in [5.41, 5.74) is 0. The topological polar surface area (TPSA) is 12.0 Å². The lowest BCUT2D eigenvalue weighted by Gasteiger charge is -2.43. The molecule has 1 saturated carbocycles. The molecule has 2 aliphatic rings. The van der Waals surface area contributed by atoms with Gasteiger partial charge in [0.2, 0.25) is 0 Å². The van der Waals surface area contributed by atoms with Crippen molar-refractivity contribution in [3.63, 3.8) is 0 Å². The van der Waals surface area contributed by atoms with Gasteiger partial charge in [-0.05, 0) is 25.3 Å². The van der Waals surface area contributed by atoms with Crippen molar-refractivity contribution in [2.24, 2.45) is 11.8 Å². The normalized spacial score (nSPS) is 42.0. The van der Waals surface area contributed by atoms with E-state index in [1.165, 1.54) is 37.9 Å². The van der Waals surface area contributed by atoms with E-state index in [9.17, 15) is 0 Å². The standard InChI is InChI=1S/C16H31NS2/c1-5-13-8-6-7-9-14(13)16(17-4)15-10-18-11(2)12(3)19-15/h11-17H,5-10H2,1-4H3. The molecule has 0 amide bonds. The van der Waals surface area contributed by atoms with Crippen molar-refractivity contribution in [2.75, 3.05) is 12.8 Å². The van der Waals surface area contributed by atoms with Crippen LogP contribution in [0.3, 0.4) is 0 Å². The van der Waals surface area contributed by atoms with Crippen LogP contribution in [0, 0.1) is 11.8 Å². The van der Waals surface area contributed by atoms with Gasteiger partial charge in [0.25, 0.3) is 0 Å². The Balaban J connectivity index is 2.01. The molecule has 1 aliphatic heterocycles. The molecule has 0 aromatic heterocycles. The van der Waals surface area contributed by atoms with E-state index in [1.807, 2.05) is 0 Å². The summed E-state index contributed by atoms with van der Waals surface area (Å²) in [6.45, 7) is 7.20. The Morgan fingerprint density at radius 3 is 2.53 bits per heavy atom. The van der Waals surface area contributed by atoms with Crippen LogP contribution in [0.2, 0.25) is 0 Å².